The molecule has 0 radical (unpaired) electrons. The minimum atomic E-state index is -0.00656. The van der Waals surface area contributed by atoms with Gasteiger partial charge in [-0.25, -0.2) is 4.98 Å². The predicted molar refractivity (Wildman–Crippen MR) is 65.4 cm³/mol. The molecule has 0 unspecified atom stereocenters. The van der Waals surface area contributed by atoms with Gasteiger partial charge in [-0.2, -0.15) is 0 Å². The van der Waals surface area contributed by atoms with Crippen molar-refractivity contribution < 1.29 is 9.53 Å². The molecule has 16 heavy (non-hydrogen) atoms. The Kier molecular flexibility index (Phi) is 5.25. The standard InChI is InChI=1S/C11H15BrN2O2/c1-3-14(4-2)11(15)8-16-9-5-6-10(12)13-7-9/h5-7H,3-4,8H2,1-2H3. The summed E-state index contributed by atoms with van der Waals surface area (Å²) in [5.41, 5.74) is 0. The highest BCUT2D eigenvalue weighted by Crippen LogP contribution is 2.12. The highest BCUT2D eigenvalue weighted by atomic mass is 79.9. The quantitative estimate of drug-likeness (QED) is 0.779. The van der Waals surface area contributed by atoms with Crippen LogP contribution in [0.15, 0.2) is 22.9 Å². The molecule has 1 aromatic heterocycles. The van der Waals surface area contributed by atoms with Gasteiger partial charge in [0, 0.05) is 13.1 Å². The average molecular weight is 287 g/mol. The number of aromatic nitrogens is 1. The first-order valence-corrected chi connectivity index (χ1v) is 5.98. The van der Waals surface area contributed by atoms with E-state index in [1.807, 2.05) is 13.8 Å². The highest BCUT2D eigenvalue weighted by molar-refractivity contribution is 9.10. The molecule has 0 spiro atoms. The van der Waals surface area contributed by atoms with E-state index in [4.69, 9.17) is 4.74 Å². The van der Waals surface area contributed by atoms with Crippen molar-refractivity contribution in [3.8, 4) is 5.75 Å². The van der Waals surface area contributed by atoms with E-state index in [-0.39, 0.29) is 12.5 Å². The Morgan fingerprint density at radius 3 is 2.62 bits per heavy atom. The monoisotopic (exact) mass is 286 g/mol. The van der Waals surface area contributed by atoms with E-state index in [2.05, 4.69) is 20.9 Å². The van der Waals surface area contributed by atoms with Crippen LogP contribution in [0.1, 0.15) is 13.8 Å². The van der Waals surface area contributed by atoms with Gasteiger partial charge in [0.2, 0.25) is 0 Å². The summed E-state index contributed by atoms with van der Waals surface area (Å²) in [6.45, 7) is 5.37. The van der Waals surface area contributed by atoms with Crippen LogP contribution < -0.4 is 4.74 Å². The zero-order valence-corrected chi connectivity index (χ0v) is 11.0. The number of rotatable bonds is 5. The molecule has 0 saturated heterocycles. The maximum Gasteiger partial charge on any atom is 0.260 e. The van der Waals surface area contributed by atoms with Crippen molar-refractivity contribution in [3.05, 3.63) is 22.9 Å². The molecule has 1 rings (SSSR count). The first-order valence-electron chi connectivity index (χ1n) is 5.19. The fraction of sp³-hybridized carbons (Fsp3) is 0.455. The van der Waals surface area contributed by atoms with Gasteiger partial charge in [-0.15, -0.1) is 0 Å². The molecule has 0 atom stereocenters. The lowest BCUT2D eigenvalue weighted by molar-refractivity contribution is -0.132. The van der Waals surface area contributed by atoms with Crippen LogP contribution in [-0.2, 0) is 4.79 Å². The molecule has 0 fully saturated rings. The van der Waals surface area contributed by atoms with Crippen molar-refractivity contribution in [1.82, 2.24) is 9.88 Å². The fourth-order valence-electron chi connectivity index (χ4n) is 1.26. The lowest BCUT2D eigenvalue weighted by Gasteiger charge is -2.18. The minimum absolute atomic E-state index is 0.00656. The molecule has 0 bridgehead atoms. The third-order valence-electron chi connectivity index (χ3n) is 2.18. The number of amides is 1. The average Bonchev–Trinajstić information content (AvgIpc) is 2.30. The summed E-state index contributed by atoms with van der Waals surface area (Å²) in [6, 6.07) is 3.55. The molecule has 1 aromatic rings. The summed E-state index contributed by atoms with van der Waals surface area (Å²) in [5, 5.41) is 0. The fourth-order valence-corrected chi connectivity index (χ4v) is 1.49. The van der Waals surface area contributed by atoms with Gasteiger partial charge in [0.05, 0.1) is 6.20 Å². The van der Waals surface area contributed by atoms with Crippen molar-refractivity contribution >= 4 is 21.8 Å². The van der Waals surface area contributed by atoms with E-state index < -0.39 is 0 Å². The molecule has 0 aliphatic rings. The molecule has 0 aromatic carbocycles. The topological polar surface area (TPSA) is 42.4 Å². The number of hydrogen-bond acceptors (Lipinski definition) is 3. The molecule has 1 amide bonds. The molecule has 0 N–H and O–H groups in total. The van der Waals surface area contributed by atoms with Crippen LogP contribution in [0.5, 0.6) is 5.75 Å². The van der Waals surface area contributed by atoms with Gasteiger partial charge >= 0.3 is 0 Å². The molecule has 4 nitrogen and oxygen atoms in total. The van der Waals surface area contributed by atoms with Gasteiger partial charge in [-0.3, -0.25) is 4.79 Å². The van der Waals surface area contributed by atoms with Crippen molar-refractivity contribution in [2.75, 3.05) is 19.7 Å². The molecular formula is C11H15BrN2O2. The van der Waals surface area contributed by atoms with E-state index in [9.17, 15) is 4.79 Å². The van der Waals surface area contributed by atoms with Crippen molar-refractivity contribution in [2.24, 2.45) is 0 Å². The minimum Gasteiger partial charge on any atom is -0.482 e. The molecular weight excluding hydrogens is 272 g/mol. The molecule has 5 heteroatoms. The lowest BCUT2D eigenvalue weighted by Crippen LogP contribution is -2.34. The van der Waals surface area contributed by atoms with E-state index >= 15 is 0 Å². The summed E-state index contributed by atoms with van der Waals surface area (Å²) >= 11 is 3.23. The van der Waals surface area contributed by atoms with E-state index in [1.165, 1.54) is 0 Å². The Bertz CT molecular complexity index is 336. The normalized spacial score (nSPS) is 9.94. The summed E-state index contributed by atoms with van der Waals surface area (Å²) in [4.78, 5) is 17.4. The SMILES string of the molecule is CCN(CC)C(=O)COc1ccc(Br)nc1. The van der Waals surface area contributed by atoms with Gasteiger partial charge in [0.25, 0.3) is 5.91 Å². The maximum atomic E-state index is 11.6. The Morgan fingerprint density at radius 1 is 1.44 bits per heavy atom. The van der Waals surface area contributed by atoms with Crippen LogP contribution >= 0.6 is 15.9 Å². The Hall–Kier alpha value is -1.10. The maximum absolute atomic E-state index is 11.6. The smallest absolute Gasteiger partial charge is 0.260 e. The number of pyridine rings is 1. The van der Waals surface area contributed by atoms with E-state index in [0.717, 1.165) is 4.60 Å². The third-order valence-corrected chi connectivity index (χ3v) is 2.65. The number of ether oxygens (including phenoxy) is 1. The van der Waals surface area contributed by atoms with Crippen LogP contribution in [0.4, 0.5) is 0 Å². The lowest BCUT2D eigenvalue weighted by atomic mass is 10.4. The van der Waals surface area contributed by atoms with Crippen LogP contribution in [-0.4, -0.2) is 35.5 Å². The molecule has 0 saturated carbocycles. The first kappa shape index (κ1) is 13.0. The summed E-state index contributed by atoms with van der Waals surface area (Å²) in [5.74, 6) is 0.594. The summed E-state index contributed by atoms with van der Waals surface area (Å²) < 4.78 is 6.08. The van der Waals surface area contributed by atoms with Gasteiger partial charge in [0.1, 0.15) is 10.4 Å². The third kappa shape index (κ3) is 3.81. The predicted octanol–water partition coefficient (Wildman–Crippen LogP) is 2.09. The number of likely N-dealkylation sites (N-methyl/N-ethyl adjacent to an activating group) is 1. The second kappa shape index (κ2) is 6.48. The zero-order chi connectivity index (χ0) is 12.0. The number of carbonyl (C=O) groups is 1. The van der Waals surface area contributed by atoms with Crippen molar-refractivity contribution in [3.63, 3.8) is 0 Å². The van der Waals surface area contributed by atoms with Gasteiger partial charge in [-0.1, -0.05) is 0 Å². The molecule has 0 aliphatic carbocycles. The van der Waals surface area contributed by atoms with Crippen LogP contribution in [0.2, 0.25) is 0 Å². The molecule has 88 valence electrons. The highest BCUT2D eigenvalue weighted by Gasteiger charge is 2.09. The van der Waals surface area contributed by atoms with Crippen molar-refractivity contribution in [1.29, 1.82) is 0 Å². The first-order chi connectivity index (χ1) is 7.67. The van der Waals surface area contributed by atoms with Gasteiger partial charge in [-0.05, 0) is 41.9 Å². The Balaban J connectivity index is 2.45. The van der Waals surface area contributed by atoms with Crippen LogP contribution in [0.25, 0.3) is 0 Å². The zero-order valence-electron chi connectivity index (χ0n) is 9.44. The summed E-state index contributed by atoms with van der Waals surface area (Å²) in [7, 11) is 0. The Morgan fingerprint density at radius 2 is 2.12 bits per heavy atom. The van der Waals surface area contributed by atoms with Crippen LogP contribution in [0, 0.1) is 0 Å². The number of nitrogens with zero attached hydrogens (tertiary/aromatic N) is 2. The van der Waals surface area contributed by atoms with Gasteiger partial charge < -0.3 is 9.64 Å². The van der Waals surface area contributed by atoms with Crippen LogP contribution in [0.3, 0.4) is 0 Å². The van der Waals surface area contributed by atoms with E-state index in [0.29, 0.717) is 18.8 Å². The Labute approximate surface area is 104 Å². The molecule has 0 aliphatic heterocycles. The van der Waals surface area contributed by atoms with E-state index in [1.54, 1.807) is 23.2 Å². The number of hydrogen-bond donors (Lipinski definition) is 0. The summed E-state index contributed by atoms with van der Waals surface area (Å²) in [6.07, 6.45) is 1.58. The largest absolute Gasteiger partial charge is 0.482 e. The second-order valence-electron chi connectivity index (χ2n) is 3.17. The second-order valence-corrected chi connectivity index (χ2v) is 3.98. The van der Waals surface area contributed by atoms with Crippen molar-refractivity contribution in [2.45, 2.75) is 13.8 Å². The number of carbonyl (C=O) groups excluding carboxylic acids is 1. The number of halogens is 1. The molecule has 1 heterocycles. The van der Waals surface area contributed by atoms with Gasteiger partial charge in [0.15, 0.2) is 6.61 Å².